The van der Waals surface area contributed by atoms with Gasteiger partial charge in [0.2, 0.25) is 0 Å². The van der Waals surface area contributed by atoms with Crippen molar-refractivity contribution in [2.24, 2.45) is 5.41 Å². The summed E-state index contributed by atoms with van der Waals surface area (Å²) in [6.45, 7) is 5.01. The van der Waals surface area contributed by atoms with Crippen molar-refractivity contribution in [3.05, 3.63) is 61.7 Å². The number of carbonyl (C=O) groups is 2. The molecule has 0 aliphatic rings. The second kappa shape index (κ2) is 9.20. The van der Waals surface area contributed by atoms with E-state index in [-0.39, 0.29) is 57.6 Å². The maximum atomic E-state index is 13.2. The molecular weight excluding hydrogens is 438 g/mol. The Morgan fingerprint density at radius 1 is 1.35 bits per heavy atom. The van der Waals surface area contributed by atoms with Gasteiger partial charge in [-0.3, -0.25) is 14.4 Å². The number of halogens is 1. The quantitative estimate of drug-likeness (QED) is 0.559. The summed E-state index contributed by atoms with van der Waals surface area (Å²) in [5.74, 6) is -1.47. The number of aryl methyl sites for hydroxylation is 3. The van der Waals surface area contributed by atoms with Crippen LogP contribution in [-0.2, 0) is 24.1 Å². The first-order valence-electron chi connectivity index (χ1n) is 11.4. The predicted molar refractivity (Wildman–Crippen MR) is 121 cm³/mol. The summed E-state index contributed by atoms with van der Waals surface area (Å²) in [6.07, 6.45) is -1.29. The smallest absolute Gasteiger partial charge is 0.305 e. The monoisotopic (exact) mass is 465 g/mol. The molecule has 0 atom stereocenters. The number of carboxylic acid groups (broad SMARTS) is 1. The van der Waals surface area contributed by atoms with Crippen LogP contribution in [0.25, 0.3) is 11.3 Å². The number of carbonyl (C=O) groups excluding carboxylic acids is 1. The molecule has 0 unspecified atom stereocenters. The zero-order valence-electron chi connectivity index (χ0n) is 21.2. The molecule has 3 aromatic rings. The van der Waals surface area contributed by atoms with Gasteiger partial charge in [-0.2, -0.15) is 5.10 Å². The highest BCUT2D eigenvalue weighted by Crippen LogP contribution is 2.25. The second-order valence-corrected chi connectivity index (χ2v) is 9.48. The largest absolute Gasteiger partial charge is 0.481 e. The molecule has 0 saturated carbocycles. The van der Waals surface area contributed by atoms with Gasteiger partial charge in [-0.15, -0.1) is 11.3 Å². The highest BCUT2D eigenvalue weighted by atomic mass is 35.5. The summed E-state index contributed by atoms with van der Waals surface area (Å²) in [5.41, 5.74) is -0.910. The van der Waals surface area contributed by atoms with Crippen molar-refractivity contribution in [3.63, 3.8) is 0 Å². The van der Waals surface area contributed by atoms with Crippen LogP contribution in [-0.4, -0.2) is 31.3 Å². The normalized spacial score (nSPS) is 13.9. The number of carboxylic acids is 1. The fourth-order valence-corrected chi connectivity index (χ4v) is 3.60. The third kappa shape index (κ3) is 5.51. The highest BCUT2D eigenvalue weighted by Gasteiger charge is 2.27. The van der Waals surface area contributed by atoms with Gasteiger partial charge in [0, 0.05) is 31.5 Å². The number of hydrogen-bond acceptors (Lipinski definition) is 5. The number of thiophene rings is 1. The zero-order chi connectivity index (χ0) is 26.3. The van der Waals surface area contributed by atoms with E-state index in [4.69, 9.17) is 22.2 Å². The average molecular weight is 466 g/mol. The van der Waals surface area contributed by atoms with Crippen molar-refractivity contribution in [2.75, 3.05) is 0 Å². The fraction of sp³-hybridized carbons (Fsp3) is 0.364. The molecule has 0 aliphatic heterocycles. The lowest BCUT2D eigenvalue weighted by molar-refractivity contribution is -0.137. The minimum absolute atomic E-state index is 0.0000342. The third-order valence-corrected chi connectivity index (χ3v) is 5.43. The Morgan fingerprint density at radius 2 is 2.10 bits per heavy atom. The first-order chi connectivity index (χ1) is 16.1. The molecule has 7 nitrogen and oxygen atoms in total. The van der Waals surface area contributed by atoms with Crippen molar-refractivity contribution >= 4 is 34.8 Å². The summed E-state index contributed by atoms with van der Waals surface area (Å²) in [6, 6.07) is 3.93. The summed E-state index contributed by atoms with van der Waals surface area (Å²) >= 11 is 6.75. The van der Waals surface area contributed by atoms with Gasteiger partial charge in [-0.1, -0.05) is 32.4 Å². The van der Waals surface area contributed by atoms with Gasteiger partial charge >= 0.3 is 5.97 Å². The molecule has 0 bridgehead atoms. The molecule has 0 spiro atoms. The van der Waals surface area contributed by atoms with E-state index in [1.54, 1.807) is 26.8 Å². The molecule has 9 heteroatoms. The Balaban J connectivity index is 2.11. The molecule has 0 fully saturated rings. The summed E-state index contributed by atoms with van der Waals surface area (Å²) in [5, 5.41) is 13.3. The van der Waals surface area contributed by atoms with E-state index in [0.717, 1.165) is 16.0 Å². The number of aliphatic carboxylic acids is 1. The van der Waals surface area contributed by atoms with Crippen molar-refractivity contribution < 1.29 is 20.2 Å². The lowest BCUT2D eigenvalue weighted by Crippen LogP contribution is -2.29. The van der Waals surface area contributed by atoms with E-state index >= 15 is 0 Å². The number of aromatic nitrogens is 3. The minimum Gasteiger partial charge on any atom is -0.481 e. The maximum Gasteiger partial charge on any atom is 0.305 e. The van der Waals surface area contributed by atoms with Gasteiger partial charge in [0.15, 0.2) is 0 Å². The highest BCUT2D eigenvalue weighted by molar-refractivity contribution is 7.16. The predicted octanol–water partition coefficient (Wildman–Crippen LogP) is 4.37. The Labute approximate surface area is 194 Å². The molecule has 3 aromatic heterocycles. The van der Waals surface area contributed by atoms with Crippen LogP contribution < -0.4 is 5.56 Å². The van der Waals surface area contributed by atoms with E-state index in [1.165, 1.54) is 22.9 Å². The molecule has 0 saturated heterocycles. The summed E-state index contributed by atoms with van der Waals surface area (Å²) in [4.78, 5) is 37.0. The average Bonchev–Trinajstić information content (AvgIpc) is 3.27. The van der Waals surface area contributed by atoms with E-state index in [9.17, 15) is 14.4 Å². The van der Waals surface area contributed by atoms with E-state index < -0.39 is 29.2 Å². The van der Waals surface area contributed by atoms with Crippen LogP contribution >= 0.6 is 22.9 Å². The number of hydrogen-bond donors (Lipinski definition) is 1. The molecule has 0 aliphatic carbocycles. The van der Waals surface area contributed by atoms with Gasteiger partial charge in [0.25, 0.3) is 11.5 Å². The fourth-order valence-electron chi connectivity index (χ4n) is 2.79. The number of rotatable bonds is 7. The molecule has 164 valence electrons. The first kappa shape index (κ1) is 17.9. The molecule has 3 rings (SSSR count). The molecule has 0 radical (unpaired) electrons. The maximum absolute atomic E-state index is 13.2. The van der Waals surface area contributed by atoms with Gasteiger partial charge < -0.3 is 9.67 Å². The van der Waals surface area contributed by atoms with Crippen molar-refractivity contribution in [2.45, 2.75) is 46.5 Å². The van der Waals surface area contributed by atoms with Crippen LogP contribution in [0.3, 0.4) is 0 Å². The van der Waals surface area contributed by atoms with Crippen molar-refractivity contribution in [3.8, 4) is 11.3 Å². The van der Waals surface area contributed by atoms with Crippen LogP contribution in [0.1, 0.15) is 48.0 Å². The number of nitrogens with zero attached hydrogens (tertiary/aromatic N) is 3. The lowest BCUT2D eigenvalue weighted by Gasteiger charge is -2.17. The van der Waals surface area contributed by atoms with Gasteiger partial charge in [-0.25, -0.2) is 4.68 Å². The Morgan fingerprint density at radius 3 is 2.71 bits per heavy atom. The topological polar surface area (TPSA) is 94.2 Å². The minimum atomic E-state index is -2.14. The SMILES string of the molecule is [2H]c1c(Cl)sc(C([2H])([2H])Cc2cc(-c3cccn(CCC(=O)O)c3=O)nn2C(=O)C(C)(C)C)c1[2H]. The zero-order valence-corrected chi connectivity index (χ0v) is 18.8. The van der Waals surface area contributed by atoms with Crippen LogP contribution in [0.5, 0.6) is 0 Å². The number of pyridine rings is 1. The molecular formula is C22H24ClN3O4S. The Hall–Kier alpha value is -2.71. The molecule has 1 N–H and O–H groups in total. The van der Waals surface area contributed by atoms with E-state index in [1.807, 2.05) is 0 Å². The van der Waals surface area contributed by atoms with Gasteiger partial charge in [-0.05, 0) is 43.1 Å². The Bertz CT molecular complexity index is 1360. The van der Waals surface area contributed by atoms with Crippen LogP contribution in [0, 0.1) is 5.41 Å². The second-order valence-electron chi connectivity index (χ2n) is 7.86. The summed E-state index contributed by atoms with van der Waals surface area (Å²) < 4.78 is 35.3. The first-order valence-corrected chi connectivity index (χ1v) is 10.6. The molecule has 31 heavy (non-hydrogen) atoms. The van der Waals surface area contributed by atoms with Gasteiger partial charge in [0.1, 0.15) is 0 Å². The standard InChI is InChI=1S/C22H24ClN3O4S/c1-22(2,3)21(30)26-14(6-7-15-8-9-18(23)31-15)13-17(24-26)16-5-4-11-25(20(16)29)12-10-19(27)28/h4-5,8-9,11,13H,6-7,10,12H2,1-3H3,(H,27,28)/i7D2,8D,9D. The molecule has 0 aromatic carbocycles. The molecule has 0 amide bonds. The van der Waals surface area contributed by atoms with Crippen LogP contribution in [0.4, 0.5) is 0 Å². The third-order valence-electron chi connectivity index (χ3n) is 4.38. The van der Waals surface area contributed by atoms with Crippen LogP contribution in [0.2, 0.25) is 4.34 Å². The van der Waals surface area contributed by atoms with E-state index in [2.05, 4.69) is 5.10 Å². The van der Waals surface area contributed by atoms with Crippen molar-refractivity contribution in [1.82, 2.24) is 14.3 Å². The molecule has 3 heterocycles. The summed E-state index contributed by atoms with van der Waals surface area (Å²) in [7, 11) is 0. The lowest BCUT2D eigenvalue weighted by atomic mass is 9.95. The van der Waals surface area contributed by atoms with Crippen LogP contribution in [0.15, 0.2) is 41.3 Å². The Kier molecular flexibility index (Phi) is 5.32. The van der Waals surface area contributed by atoms with Crippen molar-refractivity contribution in [1.29, 1.82) is 0 Å². The van der Waals surface area contributed by atoms with Gasteiger partial charge in [0.05, 0.1) is 24.8 Å². The van der Waals surface area contributed by atoms with E-state index in [0.29, 0.717) is 0 Å².